The van der Waals surface area contributed by atoms with Crippen LogP contribution in [0.3, 0.4) is 0 Å². The third-order valence-corrected chi connectivity index (χ3v) is 4.48. The summed E-state index contributed by atoms with van der Waals surface area (Å²) in [6.45, 7) is 5.74. The Morgan fingerprint density at radius 1 is 1.63 bits per heavy atom. The van der Waals surface area contributed by atoms with Crippen LogP contribution in [-0.4, -0.2) is 45.9 Å². The molecule has 0 aromatic carbocycles. The SMILES string of the molecule is CCn1cnc(S(=O)(=O)N(CC(N)=NO)C(C)C)c1. The molecule has 0 saturated carbocycles. The molecule has 0 aliphatic heterocycles. The fourth-order valence-corrected chi connectivity index (χ4v) is 3.05. The summed E-state index contributed by atoms with van der Waals surface area (Å²) >= 11 is 0. The molecule has 0 bridgehead atoms. The van der Waals surface area contributed by atoms with Crippen molar-refractivity contribution in [2.24, 2.45) is 10.9 Å². The number of imidazole rings is 1. The van der Waals surface area contributed by atoms with Gasteiger partial charge in [0.25, 0.3) is 10.0 Å². The van der Waals surface area contributed by atoms with Crippen molar-refractivity contribution in [2.45, 2.75) is 38.4 Å². The molecule has 0 radical (unpaired) electrons. The maximum Gasteiger partial charge on any atom is 0.262 e. The van der Waals surface area contributed by atoms with Crippen molar-refractivity contribution in [1.82, 2.24) is 13.9 Å². The van der Waals surface area contributed by atoms with Gasteiger partial charge in [-0.3, -0.25) is 0 Å². The number of hydrogen-bond donors (Lipinski definition) is 2. The molecule has 3 N–H and O–H groups in total. The Bertz CT molecular complexity index is 549. The second-order valence-electron chi connectivity index (χ2n) is 4.28. The summed E-state index contributed by atoms with van der Waals surface area (Å²) in [6, 6.07) is -0.336. The Kier molecular flexibility index (Phi) is 4.90. The van der Waals surface area contributed by atoms with Crippen molar-refractivity contribution >= 4 is 15.9 Å². The standard InChI is InChI=1S/C10H19N5O3S/c1-4-14-6-10(12-7-14)19(17,18)15(8(2)3)5-9(11)13-16/h6-8,16H,4-5H2,1-3H3,(H2,11,13). The van der Waals surface area contributed by atoms with Crippen LogP contribution < -0.4 is 5.73 Å². The van der Waals surface area contributed by atoms with Crippen LogP contribution in [0.1, 0.15) is 20.8 Å². The molecule has 108 valence electrons. The van der Waals surface area contributed by atoms with Crippen LogP contribution in [0.2, 0.25) is 0 Å². The molecule has 1 aromatic heterocycles. The zero-order valence-electron chi connectivity index (χ0n) is 11.2. The first kappa shape index (κ1) is 15.4. The summed E-state index contributed by atoms with van der Waals surface area (Å²) in [4.78, 5) is 3.89. The van der Waals surface area contributed by atoms with Gasteiger partial charge in [-0.1, -0.05) is 5.16 Å². The molecule has 0 unspecified atom stereocenters. The number of rotatable bonds is 6. The average molecular weight is 289 g/mol. The molecule has 0 aliphatic carbocycles. The molecule has 9 heteroatoms. The Morgan fingerprint density at radius 3 is 2.68 bits per heavy atom. The van der Waals surface area contributed by atoms with Gasteiger partial charge < -0.3 is 15.5 Å². The number of hydrogen-bond acceptors (Lipinski definition) is 5. The van der Waals surface area contributed by atoms with Gasteiger partial charge in [0.15, 0.2) is 10.9 Å². The highest BCUT2D eigenvalue weighted by molar-refractivity contribution is 7.89. The highest BCUT2D eigenvalue weighted by Gasteiger charge is 2.29. The zero-order chi connectivity index (χ0) is 14.6. The van der Waals surface area contributed by atoms with E-state index in [1.54, 1.807) is 18.4 Å². The minimum Gasteiger partial charge on any atom is -0.409 e. The number of amidine groups is 1. The predicted molar refractivity (Wildman–Crippen MR) is 70.3 cm³/mol. The Hall–Kier alpha value is -1.61. The Balaban J connectivity index is 3.13. The van der Waals surface area contributed by atoms with Crippen molar-refractivity contribution in [3.63, 3.8) is 0 Å². The molecule has 1 aromatic rings. The maximum absolute atomic E-state index is 12.4. The van der Waals surface area contributed by atoms with Gasteiger partial charge in [0.1, 0.15) is 0 Å². The van der Waals surface area contributed by atoms with Gasteiger partial charge in [0, 0.05) is 18.8 Å². The van der Waals surface area contributed by atoms with Gasteiger partial charge in [-0.25, -0.2) is 13.4 Å². The van der Waals surface area contributed by atoms with E-state index in [1.807, 2.05) is 6.92 Å². The van der Waals surface area contributed by atoms with Crippen LogP contribution in [0.25, 0.3) is 0 Å². The molecule has 0 amide bonds. The van der Waals surface area contributed by atoms with Crippen molar-refractivity contribution in [1.29, 1.82) is 0 Å². The Morgan fingerprint density at radius 2 is 2.26 bits per heavy atom. The van der Waals surface area contributed by atoms with E-state index >= 15 is 0 Å². The van der Waals surface area contributed by atoms with E-state index in [9.17, 15) is 8.42 Å². The number of aromatic nitrogens is 2. The van der Waals surface area contributed by atoms with E-state index in [2.05, 4.69) is 10.1 Å². The molecule has 1 rings (SSSR count). The van der Waals surface area contributed by atoms with Crippen molar-refractivity contribution in [3.05, 3.63) is 12.5 Å². The lowest BCUT2D eigenvalue weighted by molar-refractivity contribution is 0.312. The van der Waals surface area contributed by atoms with Gasteiger partial charge in [-0.05, 0) is 20.8 Å². The summed E-state index contributed by atoms with van der Waals surface area (Å²) < 4.78 is 27.6. The minimum absolute atomic E-state index is 0.0474. The van der Waals surface area contributed by atoms with E-state index in [0.29, 0.717) is 6.54 Å². The molecule has 19 heavy (non-hydrogen) atoms. The first-order valence-electron chi connectivity index (χ1n) is 5.83. The van der Waals surface area contributed by atoms with E-state index in [-0.39, 0.29) is 23.4 Å². The summed E-state index contributed by atoms with van der Waals surface area (Å²) in [7, 11) is -3.77. The minimum atomic E-state index is -3.77. The molecular formula is C10H19N5O3S. The lowest BCUT2D eigenvalue weighted by atomic mass is 10.4. The maximum atomic E-state index is 12.4. The number of sulfonamides is 1. The van der Waals surface area contributed by atoms with E-state index in [1.165, 1.54) is 12.5 Å². The molecule has 0 aliphatic rings. The summed E-state index contributed by atoms with van der Waals surface area (Å²) in [5.74, 6) is -0.174. The summed E-state index contributed by atoms with van der Waals surface area (Å²) in [5, 5.41) is 11.3. The molecule has 1 heterocycles. The lowest BCUT2D eigenvalue weighted by Gasteiger charge is -2.23. The van der Waals surface area contributed by atoms with Crippen LogP contribution in [0, 0.1) is 0 Å². The van der Waals surface area contributed by atoms with Gasteiger partial charge in [0.2, 0.25) is 0 Å². The van der Waals surface area contributed by atoms with Crippen molar-refractivity contribution in [3.8, 4) is 0 Å². The molecular weight excluding hydrogens is 270 g/mol. The van der Waals surface area contributed by atoms with Crippen molar-refractivity contribution < 1.29 is 13.6 Å². The topological polar surface area (TPSA) is 114 Å². The molecule has 8 nitrogen and oxygen atoms in total. The van der Waals surface area contributed by atoms with E-state index in [0.717, 1.165) is 4.31 Å². The lowest BCUT2D eigenvalue weighted by Crippen LogP contribution is -2.42. The quantitative estimate of drug-likeness (QED) is 0.332. The van der Waals surface area contributed by atoms with E-state index < -0.39 is 10.0 Å². The third-order valence-electron chi connectivity index (χ3n) is 2.57. The van der Waals surface area contributed by atoms with Crippen LogP contribution in [0.15, 0.2) is 22.7 Å². The number of nitrogens with two attached hydrogens (primary N) is 1. The number of aryl methyl sites for hydroxylation is 1. The molecule has 0 saturated heterocycles. The largest absolute Gasteiger partial charge is 0.409 e. The predicted octanol–water partition coefficient (Wildman–Crippen LogP) is 0.0485. The second-order valence-corrected chi connectivity index (χ2v) is 6.12. The van der Waals surface area contributed by atoms with E-state index in [4.69, 9.17) is 10.9 Å². The van der Waals surface area contributed by atoms with Crippen LogP contribution >= 0.6 is 0 Å². The first-order valence-corrected chi connectivity index (χ1v) is 7.27. The van der Waals surface area contributed by atoms with Crippen molar-refractivity contribution in [2.75, 3.05) is 6.54 Å². The zero-order valence-corrected chi connectivity index (χ0v) is 12.0. The van der Waals surface area contributed by atoms with Gasteiger partial charge >= 0.3 is 0 Å². The molecule has 0 atom stereocenters. The monoisotopic (exact) mass is 289 g/mol. The van der Waals surface area contributed by atoms with Crippen LogP contribution in [-0.2, 0) is 16.6 Å². The fourth-order valence-electron chi connectivity index (χ4n) is 1.50. The second kappa shape index (κ2) is 6.02. The number of nitrogens with zero attached hydrogens (tertiary/aromatic N) is 4. The van der Waals surface area contributed by atoms with Gasteiger partial charge in [-0.2, -0.15) is 4.31 Å². The normalized spacial score (nSPS) is 13.4. The summed E-state index contributed by atoms with van der Waals surface area (Å²) in [6.07, 6.45) is 2.91. The average Bonchev–Trinajstić information content (AvgIpc) is 2.84. The van der Waals surface area contributed by atoms with Crippen LogP contribution in [0.5, 0.6) is 0 Å². The summed E-state index contributed by atoms with van der Waals surface area (Å²) in [5.41, 5.74) is 5.39. The van der Waals surface area contributed by atoms with Gasteiger partial charge in [0.05, 0.1) is 12.9 Å². The molecule has 0 spiro atoms. The van der Waals surface area contributed by atoms with Crippen LogP contribution in [0.4, 0.5) is 0 Å². The smallest absolute Gasteiger partial charge is 0.262 e. The van der Waals surface area contributed by atoms with Gasteiger partial charge in [-0.15, -0.1) is 0 Å². The first-order chi connectivity index (χ1) is 8.82. The Labute approximate surface area is 112 Å². The third kappa shape index (κ3) is 3.44. The fraction of sp³-hybridized carbons (Fsp3) is 0.600. The number of oxime groups is 1. The highest BCUT2D eigenvalue weighted by Crippen LogP contribution is 2.16. The molecule has 0 fully saturated rings. The highest BCUT2D eigenvalue weighted by atomic mass is 32.2.